The number of nitrogens with one attached hydrogen (secondary N) is 1. The van der Waals surface area contributed by atoms with Crippen molar-refractivity contribution in [2.75, 3.05) is 18.2 Å². The van der Waals surface area contributed by atoms with Crippen LogP contribution in [0, 0.1) is 0 Å². The third kappa shape index (κ3) is 3.79. The average molecular weight is 489 g/mol. The van der Waals surface area contributed by atoms with Crippen LogP contribution in [0.25, 0.3) is 5.57 Å². The van der Waals surface area contributed by atoms with Crippen LogP contribution >= 0.6 is 0 Å². The first-order valence-corrected chi connectivity index (χ1v) is 12.6. The molecule has 34 heavy (non-hydrogen) atoms. The lowest BCUT2D eigenvalue weighted by Gasteiger charge is -2.30. The molecule has 1 aromatic heterocycles. The number of anilines is 1. The van der Waals surface area contributed by atoms with Crippen LogP contribution in [0.4, 0.5) is 14.5 Å². The number of sulfone groups is 1. The number of allylic oxidation sites excluding steroid dienone is 1. The molecule has 0 amide bonds. The zero-order valence-corrected chi connectivity index (χ0v) is 19.3. The molecule has 0 fully saturated rings. The maximum Gasteiger partial charge on any atom is 0.336 e. The van der Waals surface area contributed by atoms with Crippen LogP contribution in [0.5, 0.6) is 0 Å². The number of carboxylic acid groups (broad SMARTS) is 1. The third-order valence-electron chi connectivity index (χ3n) is 6.12. The second-order valence-corrected chi connectivity index (χ2v) is 11.0. The molecule has 1 unspecified atom stereocenters. The minimum atomic E-state index is -3.54. The summed E-state index contributed by atoms with van der Waals surface area (Å²) in [5.74, 6) is -2.46. The number of benzene rings is 1. The van der Waals surface area contributed by atoms with Crippen LogP contribution in [0.3, 0.4) is 0 Å². The van der Waals surface area contributed by atoms with Gasteiger partial charge in [-0.1, -0.05) is 0 Å². The number of rotatable bonds is 3. The molecule has 0 radical (unpaired) electrons. The van der Waals surface area contributed by atoms with Crippen molar-refractivity contribution in [1.82, 2.24) is 9.88 Å². The van der Waals surface area contributed by atoms with Crippen LogP contribution in [0.15, 0.2) is 41.5 Å². The second-order valence-electron chi connectivity index (χ2n) is 8.85. The first-order valence-electron chi connectivity index (χ1n) is 10.6. The highest BCUT2D eigenvalue weighted by Crippen LogP contribution is 2.44. The molecule has 1 aromatic carbocycles. The first-order chi connectivity index (χ1) is 16.0. The maximum absolute atomic E-state index is 15.0. The molecule has 2 aromatic rings. The number of carbonyl (C=O) groups is 1. The van der Waals surface area contributed by atoms with E-state index in [1.807, 2.05) is 24.3 Å². The van der Waals surface area contributed by atoms with Gasteiger partial charge in [-0.2, -0.15) is 0 Å². The number of aromatic carboxylic acids is 1. The third-order valence-corrected chi connectivity index (χ3v) is 6.95. The molecule has 3 aliphatic heterocycles. The molecule has 8 nitrogen and oxygen atoms in total. The number of hydrogen-bond acceptors (Lipinski definition) is 6. The summed E-state index contributed by atoms with van der Waals surface area (Å²) in [5, 5.41) is 9.87. The van der Waals surface area contributed by atoms with Crippen molar-refractivity contribution in [1.29, 1.82) is 0 Å². The second kappa shape index (κ2) is 7.79. The number of alkyl halides is 1. The van der Waals surface area contributed by atoms with Crippen molar-refractivity contribution in [2.24, 2.45) is 4.99 Å². The highest BCUT2D eigenvalue weighted by atomic mass is 32.2. The first kappa shape index (κ1) is 22.3. The monoisotopic (exact) mass is 488 g/mol. The van der Waals surface area contributed by atoms with Gasteiger partial charge in [0.05, 0.1) is 36.3 Å². The predicted octanol–water partition coefficient (Wildman–Crippen LogP) is 3.36. The predicted molar refractivity (Wildman–Crippen MR) is 124 cm³/mol. The number of hydrogen-bond donors (Lipinski definition) is 2. The van der Waals surface area contributed by atoms with E-state index in [4.69, 9.17) is 0 Å². The van der Waals surface area contributed by atoms with Crippen LogP contribution < -0.4 is 4.90 Å². The molecule has 0 saturated carbocycles. The van der Waals surface area contributed by atoms with Crippen LogP contribution in [-0.2, 0) is 28.7 Å². The van der Waals surface area contributed by atoms with Gasteiger partial charge in [-0.15, -0.1) is 0 Å². The number of fused-ring (bicyclic) bond motifs is 2. The lowest BCUT2D eigenvalue weighted by molar-refractivity contribution is 0.0696. The summed E-state index contributed by atoms with van der Waals surface area (Å²) in [6.45, 7) is 0.789. The SMILES string of the molecule is CN1C=C2c3cc(CS(C)(=O)=O)c(C(=O)O)cc3N(C3=NC=C(F)CC3F)Cc3c[nH]c(c32)C1. The largest absolute Gasteiger partial charge is 0.478 e. The number of nitrogens with zero attached hydrogens (tertiary/aromatic N) is 3. The van der Waals surface area contributed by atoms with Crippen molar-refractivity contribution in [3.63, 3.8) is 0 Å². The zero-order valence-electron chi connectivity index (χ0n) is 18.5. The Balaban J connectivity index is 1.82. The fourth-order valence-electron chi connectivity index (χ4n) is 4.79. The molecule has 0 saturated heterocycles. The average Bonchev–Trinajstić information content (AvgIpc) is 3.07. The van der Waals surface area contributed by atoms with Crippen molar-refractivity contribution in [3.05, 3.63) is 70.1 Å². The van der Waals surface area contributed by atoms with E-state index in [1.54, 1.807) is 11.0 Å². The van der Waals surface area contributed by atoms with Gasteiger partial charge in [0.2, 0.25) is 0 Å². The molecule has 0 spiro atoms. The van der Waals surface area contributed by atoms with E-state index in [0.717, 1.165) is 34.8 Å². The van der Waals surface area contributed by atoms with Crippen molar-refractivity contribution in [2.45, 2.75) is 31.4 Å². The van der Waals surface area contributed by atoms with E-state index >= 15 is 4.39 Å². The highest BCUT2D eigenvalue weighted by Gasteiger charge is 2.35. The van der Waals surface area contributed by atoms with Gasteiger partial charge in [-0.3, -0.25) is 0 Å². The van der Waals surface area contributed by atoms with E-state index in [2.05, 4.69) is 9.98 Å². The van der Waals surface area contributed by atoms with Crippen molar-refractivity contribution < 1.29 is 27.1 Å². The molecule has 2 N–H and O–H groups in total. The minimum absolute atomic E-state index is 0.0302. The number of aromatic amines is 1. The highest BCUT2D eigenvalue weighted by molar-refractivity contribution is 7.89. The Bertz CT molecular complexity index is 1420. The number of amidine groups is 1. The zero-order chi connectivity index (χ0) is 24.4. The van der Waals surface area contributed by atoms with E-state index in [-0.39, 0.29) is 23.5 Å². The quantitative estimate of drug-likeness (QED) is 0.686. The van der Waals surface area contributed by atoms with Gasteiger partial charge in [-0.25, -0.2) is 27.0 Å². The number of aromatic nitrogens is 1. The molecule has 5 rings (SSSR count). The molecule has 4 heterocycles. The van der Waals surface area contributed by atoms with Crippen LogP contribution in [-0.4, -0.2) is 54.7 Å². The summed E-state index contributed by atoms with van der Waals surface area (Å²) in [4.78, 5) is 22.9. The Morgan fingerprint density at radius 2 is 2.09 bits per heavy atom. The Morgan fingerprint density at radius 3 is 2.76 bits per heavy atom. The summed E-state index contributed by atoms with van der Waals surface area (Å²) >= 11 is 0. The lowest BCUT2D eigenvalue weighted by atomic mass is 9.91. The maximum atomic E-state index is 15.0. The summed E-state index contributed by atoms with van der Waals surface area (Å²) < 4.78 is 52.9. The van der Waals surface area contributed by atoms with Gasteiger partial charge < -0.3 is 19.9 Å². The molecule has 11 heteroatoms. The summed E-state index contributed by atoms with van der Waals surface area (Å²) in [6, 6.07) is 2.92. The standard InChI is InChI=1S/C23H22F2N4O4S/c1-28-9-17-16-3-12(11-34(2,32)33)15(23(30)31)5-20(16)29(22-18(25)4-14(24)7-27-22)8-13-6-26-19(10-28)21(13)17/h3,5-7,9,18,26H,4,8,10-11H2,1-2H3,(H,30,31). The molecule has 0 bridgehead atoms. The number of H-pyrrole nitrogens is 1. The van der Waals surface area contributed by atoms with E-state index in [9.17, 15) is 22.7 Å². The topological polar surface area (TPSA) is 106 Å². The normalized spacial score (nSPS) is 19.5. The van der Waals surface area contributed by atoms with E-state index in [1.165, 1.54) is 6.07 Å². The van der Waals surface area contributed by atoms with Gasteiger partial charge in [0.15, 0.2) is 16.0 Å². The molecule has 0 aliphatic carbocycles. The fourth-order valence-corrected chi connectivity index (χ4v) is 5.59. The Kier molecular flexibility index (Phi) is 5.12. The van der Waals surface area contributed by atoms with Crippen molar-refractivity contribution >= 4 is 32.9 Å². The van der Waals surface area contributed by atoms with Crippen LogP contribution in [0.2, 0.25) is 0 Å². The molecule has 178 valence electrons. The fraction of sp³-hybridized carbons (Fsp3) is 0.304. The van der Waals surface area contributed by atoms with E-state index < -0.39 is 40.0 Å². The summed E-state index contributed by atoms with van der Waals surface area (Å²) in [6.07, 6.45) is 3.55. The van der Waals surface area contributed by atoms with Gasteiger partial charge in [0, 0.05) is 54.5 Å². The minimum Gasteiger partial charge on any atom is -0.478 e. The smallest absolute Gasteiger partial charge is 0.336 e. The molecular weight excluding hydrogens is 466 g/mol. The molecular formula is C23H22F2N4O4S. The Morgan fingerprint density at radius 1 is 1.32 bits per heavy atom. The van der Waals surface area contributed by atoms with Gasteiger partial charge >= 0.3 is 5.97 Å². The Labute approximate surface area is 194 Å². The Hall–Kier alpha value is -3.47. The molecule has 3 aliphatic rings. The van der Waals surface area contributed by atoms with Gasteiger partial charge in [-0.05, 0) is 23.3 Å². The number of aliphatic imine (C=N–C) groups is 1. The summed E-state index contributed by atoms with van der Waals surface area (Å²) in [5.41, 5.74) is 4.31. The summed E-state index contributed by atoms with van der Waals surface area (Å²) in [7, 11) is -1.66. The van der Waals surface area contributed by atoms with Crippen molar-refractivity contribution in [3.8, 4) is 0 Å². The number of halogens is 2. The van der Waals surface area contributed by atoms with E-state index in [0.29, 0.717) is 17.8 Å². The lowest BCUT2D eigenvalue weighted by Crippen LogP contribution is -2.38. The van der Waals surface area contributed by atoms with Crippen LogP contribution in [0.1, 0.15) is 44.7 Å². The molecule has 1 atom stereocenters. The van der Waals surface area contributed by atoms with Gasteiger partial charge in [0.25, 0.3) is 0 Å². The number of carboxylic acids is 1. The van der Waals surface area contributed by atoms with Gasteiger partial charge in [0.1, 0.15) is 11.7 Å².